The van der Waals surface area contributed by atoms with Crippen LogP contribution in [0.1, 0.15) is 4.88 Å². The Kier molecular flexibility index (Phi) is 2.21. The standard InChI is InChI=1S/C10H10N2OS/c1-7-9(13)11-10(14-7)8-3-5-12(2)6-4-8/h3-6H,1-2H3/p+1. The molecule has 0 aromatic carbocycles. The molecule has 2 aromatic heterocycles. The molecule has 2 rings (SSSR count). The predicted octanol–water partition coefficient (Wildman–Crippen LogP) is 1.65. The Morgan fingerprint density at radius 1 is 1.36 bits per heavy atom. The Labute approximate surface area is 86.3 Å². The van der Waals surface area contributed by atoms with Gasteiger partial charge in [-0.05, 0) is 6.92 Å². The van der Waals surface area contributed by atoms with Crippen LogP contribution in [0.15, 0.2) is 24.5 Å². The largest absolute Gasteiger partial charge is 0.492 e. The quantitative estimate of drug-likeness (QED) is 0.722. The second kappa shape index (κ2) is 3.38. The number of pyridine rings is 1. The third kappa shape index (κ3) is 1.61. The molecule has 0 radical (unpaired) electrons. The van der Waals surface area contributed by atoms with Gasteiger partial charge in [0.2, 0.25) is 5.88 Å². The lowest BCUT2D eigenvalue weighted by molar-refractivity contribution is -0.671. The SMILES string of the molecule is Cc1sc(-c2cc[n+](C)cc2)nc1O. The first-order chi connectivity index (χ1) is 6.66. The van der Waals surface area contributed by atoms with E-state index < -0.39 is 0 Å². The first-order valence-electron chi connectivity index (χ1n) is 4.29. The van der Waals surface area contributed by atoms with E-state index in [1.165, 1.54) is 11.3 Å². The van der Waals surface area contributed by atoms with Crippen molar-refractivity contribution >= 4 is 11.3 Å². The van der Waals surface area contributed by atoms with Crippen molar-refractivity contribution in [2.45, 2.75) is 6.92 Å². The highest BCUT2D eigenvalue weighted by Gasteiger charge is 2.08. The Balaban J connectivity index is 2.44. The zero-order valence-corrected chi connectivity index (χ0v) is 8.88. The van der Waals surface area contributed by atoms with Crippen LogP contribution in [0.2, 0.25) is 0 Å². The predicted molar refractivity (Wildman–Crippen MR) is 55.1 cm³/mol. The van der Waals surface area contributed by atoms with Gasteiger partial charge in [0.15, 0.2) is 12.4 Å². The summed E-state index contributed by atoms with van der Waals surface area (Å²) < 4.78 is 1.96. The van der Waals surface area contributed by atoms with Crippen molar-refractivity contribution in [1.29, 1.82) is 0 Å². The molecular weight excluding hydrogens is 196 g/mol. The Morgan fingerprint density at radius 3 is 2.50 bits per heavy atom. The normalized spacial score (nSPS) is 10.4. The molecule has 0 amide bonds. The van der Waals surface area contributed by atoms with E-state index in [-0.39, 0.29) is 5.88 Å². The molecule has 0 bridgehead atoms. The van der Waals surface area contributed by atoms with Gasteiger partial charge in [-0.3, -0.25) is 0 Å². The molecule has 0 saturated carbocycles. The van der Waals surface area contributed by atoms with Gasteiger partial charge in [0.25, 0.3) is 0 Å². The highest BCUT2D eigenvalue weighted by atomic mass is 32.1. The molecule has 0 aliphatic carbocycles. The summed E-state index contributed by atoms with van der Waals surface area (Å²) in [6, 6.07) is 3.97. The van der Waals surface area contributed by atoms with Crippen molar-refractivity contribution in [2.24, 2.45) is 7.05 Å². The summed E-state index contributed by atoms with van der Waals surface area (Å²) in [7, 11) is 1.97. The number of hydrogen-bond donors (Lipinski definition) is 1. The third-order valence-electron chi connectivity index (χ3n) is 2.00. The molecular formula is C10H11N2OS+. The number of aryl methyl sites for hydroxylation is 2. The minimum absolute atomic E-state index is 0.137. The Bertz CT molecular complexity index is 428. The molecule has 0 atom stereocenters. The average molecular weight is 207 g/mol. The maximum absolute atomic E-state index is 9.35. The fraction of sp³-hybridized carbons (Fsp3) is 0.200. The molecule has 2 heterocycles. The number of thiazole rings is 1. The topological polar surface area (TPSA) is 37.0 Å². The fourth-order valence-corrected chi connectivity index (χ4v) is 1.97. The molecule has 4 heteroatoms. The highest BCUT2D eigenvalue weighted by molar-refractivity contribution is 7.15. The van der Waals surface area contributed by atoms with E-state index in [1.807, 2.05) is 43.1 Å². The maximum Gasteiger partial charge on any atom is 0.225 e. The van der Waals surface area contributed by atoms with E-state index in [2.05, 4.69) is 4.98 Å². The van der Waals surface area contributed by atoms with Gasteiger partial charge in [0.1, 0.15) is 12.1 Å². The summed E-state index contributed by atoms with van der Waals surface area (Å²) in [5, 5.41) is 10.2. The molecule has 0 saturated heterocycles. The number of hydrogen-bond acceptors (Lipinski definition) is 3. The highest BCUT2D eigenvalue weighted by Crippen LogP contribution is 2.30. The van der Waals surface area contributed by atoms with Gasteiger partial charge >= 0.3 is 0 Å². The van der Waals surface area contributed by atoms with Crippen LogP contribution in [0.4, 0.5) is 0 Å². The summed E-state index contributed by atoms with van der Waals surface area (Å²) >= 11 is 1.50. The minimum Gasteiger partial charge on any atom is -0.492 e. The van der Waals surface area contributed by atoms with E-state index in [1.54, 1.807) is 0 Å². The van der Waals surface area contributed by atoms with Crippen LogP contribution >= 0.6 is 11.3 Å². The second-order valence-electron chi connectivity index (χ2n) is 3.15. The van der Waals surface area contributed by atoms with Crippen molar-refractivity contribution in [2.75, 3.05) is 0 Å². The molecule has 3 nitrogen and oxygen atoms in total. The van der Waals surface area contributed by atoms with E-state index in [0.717, 1.165) is 15.4 Å². The molecule has 0 fully saturated rings. The molecule has 14 heavy (non-hydrogen) atoms. The van der Waals surface area contributed by atoms with Gasteiger partial charge in [0, 0.05) is 17.7 Å². The van der Waals surface area contributed by atoms with Crippen LogP contribution in [0.25, 0.3) is 10.6 Å². The first kappa shape index (κ1) is 9.15. The van der Waals surface area contributed by atoms with E-state index in [4.69, 9.17) is 0 Å². The van der Waals surface area contributed by atoms with Crippen LogP contribution in [-0.4, -0.2) is 10.1 Å². The Morgan fingerprint density at radius 2 is 2.00 bits per heavy atom. The zero-order chi connectivity index (χ0) is 10.1. The number of aromatic hydroxyl groups is 1. The summed E-state index contributed by atoms with van der Waals surface area (Å²) in [5.41, 5.74) is 1.04. The molecule has 0 aliphatic rings. The molecule has 72 valence electrons. The van der Waals surface area contributed by atoms with Crippen molar-refractivity contribution in [3.8, 4) is 16.5 Å². The van der Waals surface area contributed by atoms with Gasteiger partial charge in [-0.2, -0.15) is 0 Å². The maximum atomic E-state index is 9.35. The molecule has 1 N–H and O–H groups in total. The van der Waals surface area contributed by atoms with Gasteiger partial charge in [0.05, 0.1) is 4.88 Å². The summed E-state index contributed by atoms with van der Waals surface area (Å²) in [5.74, 6) is 0.137. The van der Waals surface area contributed by atoms with Crippen LogP contribution in [0, 0.1) is 6.92 Å². The van der Waals surface area contributed by atoms with E-state index >= 15 is 0 Å². The summed E-state index contributed by atoms with van der Waals surface area (Å²) in [4.78, 5) is 4.93. The lowest BCUT2D eigenvalue weighted by Crippen LogP contribution is -2.25. The number of rotatable bonds is 1. The molecule has 2 aromatic rings. The summed E-state index contributed by atoms with van der Waals surface area (Å²) in [6.07, 6.45) is 3.92. The van der Waals surface area contributed by atoms with Gasteiger partial charge in [-0.25, -0.2) is 9.55 Å². The lowest BCUT2D eigenvalue weighted by atomic mass is 10.3. The van der Waals surface area contributed by atoms with Crippen LogP contribution in [0.3, 0.4) is 0 Å². The van der Waals surface area contributed by atoms with E-state index in [0.29, 0.717) is 0 Å². The zero-order valence-electron chi connectivity index (χ0n) is 8.06. The van der Waals surface area contributed by atoms with Gasteiger partial charge in [-0.1, -0.05) is 0 Å². The minimum atomic E-state index is 0.137. The van der Waals surface area contributed by atoms with Crippen LogP contribution < -0.4 is 4.57 Å². The molecule has 0 spiro atoms. The van der Waals surface area contributed by atoms with Crippen molar-refractivity contribution < 1.29 is 9.67 Å². The van der Waals surface area contributed by atoms with E-state index in [9.17, 15) is 5.11 Å². The first-order valence-corrected chi connectivity index (χ1v) is 5.10. The van der Waals surface area contributed by atoms with Crippen molar-refractivity contribution in [3.05, 3.63) is 29.4 Å². The lowest BCUT2D eigenvalue weighted by Gasteiger charge is -1.92. The monoisotopic (exact) mass is 207 g/mol. The van der Waals surface area contributed by atoms with Crippen molar-refractivity contribution in [1.82, 2.24) is 4.98 Å². The average Bonchev–Trinajstić information content (AvgIpc) is 2.48. The summed E-state index contributed by atoms with van der Waals surface area (Å²) in [6.45, 7) is 1.86. The van der Waals surface area contributed by atoms with Gasteiger partial charge in [-0.15, -0.1) is 11.3 Å². The van der Waals surface area contributed by atoms with Crippen LogP contribution in [0.5, 0.6) is 5.88 Å². The molecule has 0 unspecified atom stereocenters. The number of aromatic nitrogens is 2. The van der Waals surface area contributed by atoms with Crippen molar-refractivity contribution in [3.63, 3.8) is 0 Å². The number of nitrogens with zero attached hydrogens (tertiary/aromatic N) is 2. The smallest absolute Gasteiger partial charge is 0.225 e. The van der Waals surface area contributed by atoms with Crippen LogP contribution in [-0.2, 0) is 7.05 Å². The second-order valence-corrected chi connectivity index (χ2v) is 4.35. The van der Waals surface area contributed by atoms with Gasteiger partial charge < -0.3 is 5.11 Å². The third-order valence-corrected chi connectivity index (χ3v) is 3.01. The Hall–Kier alpha value is -1.42. The fourth-order valence-electron chi connectivity index (χ4n) is 1.16. The molecule has 0 aliphatic heterocycles.